The summed E-state index contributed by atoms with van der Waals surface area (Å²) in [6, 6.07) is 6.78. The Labute approximate surface area is 194 Å². The zero-order valence-corrected chi connectivity index (χ0v) is 20.2. The molecule has 2 saturated carbocycles. The molecule has 1 aliphatic heterocycles. The zero-order valence-electron chi connectivity index (χ0n) is 17.1. The normalized spacial score (nSPS) is 32.0. The molecule has 5 nitrogen and oxygen atoms in total. The summed E-state index contributed by atoms with van der Waals surface area (Å²) in [6.45, 7) is 2.16. The second kappa shape index (κ2) is 9.11. The van der Waals surface area contributed by atoms with Crippen molar-refractivity contribution in [3.63, 3.8) is 0 Å². The number of rotatable bonds is 8. The maximum absolute atomic E-state index is 13.2. The molecule has 3 aliphatic rings. The van der Waals surface area contributed by atoms with Crippen LogP contribution in [0.25, 0.3) is 0 Å². The first-order chi connectivity index (χ1) is 14.4. The first kappa shape index (κ1) is 22.0. The van der Waals surface area contributed by atoms with Crippen molar-refractivity contribution in [1.82, 2.24) is 0 Å². The number of benzene rings is 1. The SMILES string of the molecule is CCCCCCCC(=O)Oc1cccc(N2C(=O)[C@@H]3[C@H]4C[C@@H]([C@H](Br)[C@H]4Br)[C@H]3C2=O)c1. The van der Waals surface area contributed by atoms with E-state index in [1.807, 2.05) is 0 Å². The summed E-state index contributed by atoms with van der Waals surface area (Å²) < 4.78 is 5.47. The number of nitrogens with zero attached hydrogens (tertiary/aromatic N) is 1. The van der Waals surface area contributed by atoms with Crippen LogP contribution in [0.15, 0.2) is 24.3 Å². The smallest absolute Gasteiger partial charge is 0.311 e. The topological polar surface area (TPSA) is 63.7 Å². The minimum Gasteiger partial charge on any atom is -0.426 e. The van der Waals surface area contributed by atoms with Crippen LogP contribution in [0.2, 0.25) is 0 Å². The Morgan fingerprint density at radius 1 is 1.03 bits per heavy atom. The standard InChI is InChI=1S/C23H27Br2NO4/c1-2-3-4-5-6-10-17(27)30-14-9-7-8-13(11-14)26-22(28)18-15-12-16(19(18)23(26)29)21(25)20(15)24/h7-9,11,15-16,18-21H,2-6,10,12H2,1H3/t15-,16-,18-,19-,20+,21+/m1/s1. The second-order valence-electron chi connectivity index (χ2n) is 8.65. The first-order valence-electron chi connectivity index (χ1n) is 10.9. The highest BCUT2D eigenvalue weighted by Gasteiger charge is 2.66. The third-order valence-electron chi connectivity index (χ3n) is 6.78. The molecule has 3 fully saturated rings. The highest BCUT2D eigenvalue weighted by atomic mass is 79.9. The van der Waals surface area contributed by atoms with E-state index in [0.717, 1.165) is 25.7 Å². The van der Waals surface area contributed by atoms with E-state index in [4.69, 9.17) is 4.74 Å². The molecule has 0 unspecified atom stereocenters. The maximum Gasteiger partial charge on any atom is 0.311 e. The van der Waals surface area contributed by atoms with Gasteiger partial charge in [0.2, 0.25) is 11.8 Å². The summed E-state index contributed by atoms with van der Waals surface area (Å²) in [5, 5.41) is 0. The van der Waals surface area contributed by atoms with Crippen LogP contribution in [0, 0.1) is 23.7 Å². The maximum atomic E-state index is 13.2. The van der Waals surface area contributed by atoms with Gasteiger partial charge in [-0.15, -0.1) is 0 Å². The monoisotopic (exact) mass is 539 g/mol. The van der Waals surface area contributed by atoms with Gasteiger partial charge in [-0.1, -0.05) is 70.5 Å². The van der Waals surface area contributed by atoms with E-state index >= 15 is 0 Å². The Morgan fingerprint density at radius 2 is 1.67 bits per heavy atom. The van der Waals surface area contributed by atoms with E-state index in [1.54, 1.807) is 24.3 Å². The van der Waals surface area contributed by atoms with Gasteiger partial charge in [0.25, 0.3) is 0 Å². The molecule has 0 spiro atoms. The van der Waals surface area contributed by atoms with Crippen LogP contribution in [0.3, 0.4) is 0 Å². The van der Waals surface area contributed by atoms with Crippen LogP contribution in [-0.2, 0) is 14.4 Å². The number of fused-ring (bicyclic) bond motifs is 5. The minimum atomic E-state index is -0.276. The number of hydrogen-bond acceptors (Lipinski definition) is 4. The molecule has 0 N–H and O–H groups in total. The highest BCUT2D eigenvalue weighted by Crippen LogP contribution is 2.60. The summed E-state index contributed by atoms with van der Waals surface area (Å²) in [7, 11) is 0. The van der Waals surface area contributed by atoms with Crippen LogP contribution in [0.1, 0.15) is 51.9 Å². The van der Waals surface area contributed by atoms with E-state index in [9.17, 15) is 14.4 Å². The summed E-state index contributed by atoms with van der Waals surface area (Å²) in [6.07, 6.45) is 6.60. The van der Waals surface area contributed by atoms with Crippen LogP contribution in [-0.4, -0.2) is 27.4 Å². The van der Waals surface area contributed by atoms with Gasteiger partial charge in [-0.3, -0.25) is 14.4 Å². The fourth-order valence-electron chi connectivity index (χ4n) is 5.34. The van der Waals surface area contributed by atoms with Crippen molar-refractivity contribution in [3.05, 3.63) is 24.3 Å². The van der Waals surface area contributed by atoms with Crippen LogP contribution in [0.5, 0.6) is 5.75 Å². The predicted molar refractivity (Wildman–Crippen MR) is 122 cm³/mol. The molecule has 1 heterocycles. The number of halogens is 2. The number of carbonyl (C=O) groups is 3. The predicted octanol–water partition coefficient (Wildman–Crippen LogP) is 5.23. The molecule has 162 valence electrons. The summed E-state index contributed by atoms with van der Waals surface area (Å²) in [5.74, 6) is -0.295. The van der Waals surface area contributed by atoms with Gasteiger partial charge in [0, 0.05) is 22.1 Å². The molecule has 30 heavy (non-hydrogen) atoms. The molecule has 1 saturated heterocycles. The highest BCUT2D eigenvalue weighted by molar-refractivity contribution is 9.12. The molecule has 1 aromatic rings. The lowest BCUT2D eigenvalue weighted by Gasteiger charge is -2.28. The number of alkyl halides is 2. The summed E-state index contributed by atoms with van der Waals surface area (Å²) >= 11 is 7.41. The largest absolute Gasteiger partial charge is 0.426 e. The van der Waals surface area contributed by atoms with E-state index in [0.29, 0.717) is 17.9 Å². The van der Waals surface area contributed by atoms with Crippen LogP contribution < -0.4 is 9.64 Å². The zero-order chi connectivity index (χ0) is 21.4. The fourth-order valence-corrected chi connectivity index (χ4v) is 7.22. The van der Waals surface area contributed by atoms with Gasteiger partial charge in [-0.2, -0.15) is 0 Å². The Morgan fingerprint density at radius 3 is 2.30 bits per heavy atom. The van der Waals surface area contributed by atoms with Crippen LogP contribution in [0.4, 0.5) is 5.69 Å². The number of amides is 2. The number of carbonyl (C=O) groups excluding carboxylic acids is 3. The molecule has 1 aromatic carbocycles. The van der Waals surface area contributed by atoms with E-state index in [-0.39, 0.29) is 51.1 Å². The molecular weight excluding hydrogens is 514 g/mol. The number of ether oxygens (including phenoxy) is 1. The lowest BCUT2D eigenvalue weighted by atomic mass is 9.81. The van der Waals surface area contributed by atoms with Crippen molar-refractivity contribution in [2.24, 2.45) is 23.7 Å². The Balaban J connectivity index is 1.43. The van der Waals surface area contributed by atoms with E-state index < -0.39 is 0 Å². The quantitative estimate of drug-likeness (QED) is 0.149. The van der Waals surface area contributed by atoms with E-state index in [2.05, 4.69) is 38.8 Å². The van der Waals surface area contributed by atoms with Gasteiger partial charge in [0.1, 0.15) is 5.75 Å². The third-order valence-corrected chi connectivity index (χ3v) is 9.99. The Bertz CT molecular complexity index is 812. The Kier molecular flexibility index (Phi) is 6.68. The van der Waals surface area contributed by atoms with Crippen molar-refractivity contribution in [2.75, 3.05) is 4.90 Å². The third kappa shape index (κ3) is 3.88. The number of imide groups is 1. The van der Waals surface area contributed by atoms with Crippen LogP contribution >= 0.6 is 31.9 Å². The van der Waals surface area contributed by atoms with Crippen molar-refractivity contribution in [2.45, 2.75) is 61.5 Å². The molecule has 2 bridgehead atoms. The lowest BCUT2D eigenvalue weighted by molar-refractivity contribution is -0.134. The van der Waals surface area contributed by atoms with Crippen molar-refractivity contribution < 1.29 is 19.1 Å². The first-order valence-corrected chi connectivity index (χ1v) is 12.7. The number of unbranched alkanes of at least 4 members (excludes halogenated alkanes) is 4. The average molecular weight is 541 g/mol. The second-order valence-corrected chi connectivity index (χ2v) is 10.8. The lowest BCUT2D eigenvalue weighted by Crippen LogP contribution is -2.37. The molecule has 6 atom stereocenters. The molecule has 0 aromatic heterocycles. The summed E-state index contributed by atoms with van der Waals surface area (Å²) in [4.78, 5) is 40.2. The number of anilines is 1. The Hall–Kier alpha value is -1.21. The van der Waals surface area contributed by atoms with Gasteiger partial charge in [-0.25, -0.2) is 4.90 Å². The van der Waals surface area contributed by atoms with Gasteiger partial charge in [-0.05, 0) is 36.8 Å². The van der Waals surface area contributed by atoms with Crippen molar-refractivity contribution in [3.8, 4) is 5.75 Å². The minimum absolute atomic E-state index is 0.124. The van der Waals surface area contributed by atoms with Gasteiger partial charge < -0.3 is 4.74 Å². The molecular formula is C23H27Br2NO4. The molecule has 0 radical (unpaired) electrons. The fraction of sp³-hybridized carbons (Fsp3) is 0.609. The number of esters is 1. The molecule has 4 rings (SSSR count). The summed E-state index contributed by atoms with van der Waals surface area (Å²) in [5.41, 5.74) is 0.490. The molecule has 2 aliphatic carbocycles. The number of hydrogen-bond donors (Lipinski definition) is 0. The van der Waals surface area contributed by atoms with Gasteiger partial charge in [0.05, 0.1) is 17.5 Å². The van der Waals surface area contributed by atoms with Crippen molar-refractivity contribution >= 4 is 55.3 Å². The van der Waals surface area contributed by atoms with Gasteiger partial charge >= 0.3 is 5.97 Å². The van der Waals surface area contributed by atoms with E-state index in [1.165, 1.54) is 17.7 Å². The van der Waals surface area contributed by atoms with Gasteiger partial charge in [0.15, 0.2) is 0 Å². The van der Waals surface area contributed by atoms with Crippen molar-refractivity contribution in [1.29, 1.82) is 0 Å². The molecule has 7 heteroatoms. The molecule has 2 amide bonds. The average Bonchev–Trinajstić information content (AvgIpc) is 3.33.